The van der Waals surface area contributed by atoms with Gasteiger partial charge in [-0.2, -0.15) is 0 Å². The van der Waals surface area contributed by atoms with Crippen LogP contribution in [-0.2, 0) is 9.53 Å². The van der Waals surface area contributed by atoms with Gasteiger partial charge in [-0.05, 0) is 30.6 Å². The van der Waals surface area contributed by atoms with Crippen LogP contribution in [0.4, 0.5) is 0 Å². The monoisotopic (exact) mass is 230 g/mol. The first-order valence-electron chi connectivity index (χ1n) is 5.91. The molecule has 0 bridgehead atoms. The molecule has 0 saturated heterocycles. The number of hydrogen-bond donors (Lipinski definition) is 0. The molecule has 1 aromatic rings. The van der Waals surface area contributed by atoms with Crippen LogP contribution in [0.5, 0.6) is 0 Å². The lowest BCUT2D eigenvalue weighted by Crippen LogP contribution is -1.93. The van der Waals surface area contributed by atoms with Gasteiger partial charge in [0.2, 0.25) is 0 Å². The van der Waals surface area contributed by atoms with Gasteiger partial charge in [-0.25, -0.2) is 4.79 Å². The van der Waals surface area contributed by atoms with Crippen molar-refractivity contribution in [3.63, 3.8) is 0 Å². The highest BCUT2D eigenvalue weighted by molar-refractivity contribution is 5.87. The topological polar surface area (TPSA) is 26.3 Å². The van der Waals surface area contributed by atoms with E-state index in [0.29, 0.717) is 0 Å². The molecule has 0 unspecified atom stereocenters. The van der Waals surface area contributed by atoms with Crippen molar-refractivity contribution in [2.45, 2.75) is 26.2 Å². The standard InChI is InChI=1S/C15H18O2/c1-2-3-4-8-13-17-15(16)12-11-14-9-6-5-7-10-14/h5-13H,2-4H2,1H3/b12-11+,13-8?. The Morgan fingerprint density at radius 2 is 2.06 bits per heavy atom. The second kappa shape index (κ2) is 8.34. The van der Waals surface area contributed by atoms with Gasteiger partial charge in [0.1, 0.15) is 0 Å². The lowest BCUT2D eigenvalue weighted by Gasteiger charge is -1.93. The zero-order valence-corrected chi connectivity index (χ0v) is 10.1. The third kappa shape index (κ3) is 6.36. The Morgan fingerprint density at radius 1 is 1.29 bits per heavy atom. The minimum atomic E-state index is -0.346. The Labute approximate surface area is 103 Å². The molecule has 1 aromatic carbocycles. The largest absolute Gasteiger partial charge is 0.432 e. The molecule has 0 heterocycles. The van der Waals surface area contributed by atoms with Crippen molar-refractivity contribution in [1.82, 2.24) is 0 Å². The Kier molecular flexibility index (Phi) is 6.49. The number of carbonyl (C=O) groups excluding carboxylic acids is 1. The molecule has 2 heteroatoms. The van der Waals surface area contributed by atoms with E-state index in [1.165, 1.54) is 12.3 Å². The number of esters is 1. The van der Waals surface area contributed by atoms with Crippen LogP contribution in [0, 0.1) is 0 Å². The summed E-state index contributed by atoms with van der Waals surface area (Å²) in [5.74, 6) is -0.346. The predicted molar refractivity (Wildman–Crippen MR) is 70.2 cm³/mol. The number of unbranched alkanes of at least 4 members (excludes halogenated alkanes) is 2. The molecule has 0 spiro atoms. The first-order chi connectivity index (χ1) is 8.33. The van der Waals surface area contributed by atoms with E-state index in [0.717, 1.165) is 24.8 Å². The number of benzene rings is 1. The Morgan fingerprint density at radius 3 is 2.76 bits per heavy atom. The van der Waals surface area contributed by atoms with Crippen LogP contribution >= 0.6 is 0 Å². The smallest absolute Gasteiger partial charge is 0.335 e. The van der Waals surface area contributed by atoms with Crippen LogP contribution in [0.15, 0.2) is 48.7 Å². The molecule has 0 fully saturated rings. The van der Waals surface area contributed by atoms with Crippen LogP contribution in [0.25, 0.3) is 6.08 Å². The molecule has 0 saturated carbocycles. The molecule has 0 aromatic heterocycles. The number of allylic oxidation sites excluding steroid dienone is 1. The number of carbonyl (C=O) groups is 1. The molecule has 0 aliphatic carbocycles. The minimum Gasteiger partial charge on any atom is -0.432 e. The normalized spacial score (nSPS) is 11.1. The summed E-state index contributed by atoms with van der Waals surface area (Å²) < 4.78 is 4.90. The molecule has 90 valence electrons. The van der Waals surface area contributed by atoms with E-state index in [4.69, 9.17) is 4.74 Å². The maximum absolute atomic E-state index is 11.3. The number of ether oxygens (including phenoxy) is 1. The zero-order valence-electron chi connectivity index (χ0n) is 10.1. The third-order valence-electron chi connectivity index (χ3n) is 2.22. The highest BCUT2D eigenvalue weighted by atomic mass is 16.5. The van der Waals surface area contributed by atoms with E-state index in [2.05, 4.69) is 6.92 Å². The molecule has 0 radical (unpaired) electrons. The molecule has 0 atom stereocenters. The van der Waals surface area contributed by atoms with Gasteiger partial charge >= 0.3 is 5.97 Å². The average molecular weight is 230 g/mol. The molecule has 0 aliphatic rings. The summed E-state index contributed by atoms with van der Waals surface area (Å²) in [5.41, 5.74) is 0.986. The van der Waals surface area contributed by atoms with Crippen molar-refractivity contribution >= 4 is 12.0 Å². The maximum Gasteiger partial charge on any atom is 0.335 e. The van der Waals surface area contributed by atoms with Gasteiger partial charge < -0.3 is 4.74 Å². The summed E-state index contributed by atoms with van der Waals surface area (Å²) in [5, 5.41) is 0. The lowest BCUT2D eigenvalue weighted by atomic mass is 10.2. The van der Waals surface area contributed by atoms with Crippen LogP contribution in [0.1, 0.15) is 31.7 Å². The van der Waals surface area contributed by atoms with Crippen molar-refractivity contribution < 1.29 is 9.53 Å². The summed E-state index contributed by atoms with van der Waals surface area (Å²) in [6.07, 6.45) is 9.72. The quantitative estimate of drug-likeness (QED) is 0.320. The second-order valence-electron chi connectivity index (χ2n) is 3.69. The van der Waals surface area contributed by atoms with Gasteiger partial charge in [0.05, 0.1) is 6.26 Å². The summed E-state index contributed by atoms with van der Waals surface area (Å²) in [7, 11) is 0. The van der Waals surface area contributed by atoms with Crippen molar-refractivity contribution in [3.05, 3.63) is 54.3 Å². The molecule has 1 rings (SSSR count). The second-order valence-corrected chi connectivity index (χ2v) is 3.69. The van der Waals surface area contributed by atoms with Crippen LogP contribution < -0.4 is 0 Å². The van der Waals surface area contributed by atoms with Gasteiger partial charge in [0.15, 0.2) is 0 Å². The molecule has 0 N–H and O–H groups in total. The van der Waals surface area contributed by atoms with E-state index < -0.39 is 0 Å². The molecule has 2 nitrogen and oxygen atoms in total. The maximum atomic E-state index is 11.3. The third-order valence-corrected chi connectivity index (χ3v) is 2.22. The van der Waals surface area contributed by atoms with E-state index in [-0.39, 0.29) is 5.97 Å². The van der Waals surface area contributed by atoms with Gasteiger partial charge in [-0.1, -0.05) is 43.7 Å². The molecular weight excluding hydrogens is 212 g/mol. The van der Waals surface area contributed by atoms with E-state index in [1.807, 2.05) is 36.4 Å². The van der Waals surface area contributed by atoms with Crippen LogP contribution in [-0.4, -0.2) is 5.97 Å². The van der Waals surface area contributed by atoms with Crippen molar-refractivity contribution in [2.24, 2.45) is 0 Å². The summed E-state index contributed by atoms with van der Waals surface area (Å²) in [4.78, 5) is 11.3. The average Bonchev–Trinajstić information content (AvgIpc) is 2.37. The first-order valence-corrected chi connectivity index (χ1v) is 5.91. The van der Waals surface area contributed by atoms with Gasteiger partial charge in [-0.3, -0.25) is 0 Å². The molecular formula is C15H18O2. The van der Waals surface area contributed by atoms with Crippen LogP contribution in [0.3, 0.4) is 0 Å². The van der Waals surface area contributed by atoms with Crippen LogP contribution in [0.2, 0.25) is 0 Å². The zero-order chi connectivity index (χ0) is 12.3. The fourth-order valence-electron chi connectivity index (χ4n) is 1.27. The number of rotatable bonds is 6. The van der Waals surface area contributed by atoms with Crippen molar-refractivity contribution in [3.8, 4) is 0 Å². The van der Waals surface area contributed by atoms with E-state index in [9.17, 15) is 4.79 Å². The summed E-state index contributed by atoms with van der Waals surface area (Å²) >= 11 is 0. The van der Waals surface area contributed by atoms with E-state index in [1.54, 1.807) is 6.08 Å². The highest BCUT2D eigenvalue weighted by Crippen LogP contribution is 2.01. The Balaban J connectivity index is 2.30. The Bertz CT molecular complexity index is 377. The SMILES string of the molecule is CCCCC=COC(=O)/C=C/c1ccccc1. The van der Waals surface area contributed by atoms with Gasteiger partial charge in [0.25, 0.3) is 0 Å². The number of hydrogen-bond acceptors (Lipinski definition) is 2. The summed E-state index contributed by atoms with van der Waals surface area (Å²) in [6, 6.07) is 9.65. The fourth-order valence-corrected chi connectivity index (χ4v) is 1.27. The highest BCUT2D eigenvalue weighted by Gasteiger charge is 1.92. The molecule has 0 amide bonds. The minimum absolute atomic E-state index is 0.346. The van der Waals surface area contributed by atoms with Gasteiger partial charge in [-0.15, -0.1) is 0 Å². The predicted octanol–water partition coefficient (Wildman–Crippen LogP) is 3.95. The van der Waals surface area contributed by atoms with E-state index >= 15 is 0 Å². The Hall–Kier alpha value is -1.83. The summed E-state index contributed by atoms with van der Waals surface area (Å²) in [6.45, 7) is 2.13. The van der Waals surface area contributed by atoms with Crippen molar-refractivity contribution in [2.75, 3.05) is 0 Å². The molecule has 0 aliphatic heterocycles. The van der Waals surface area contributed by atoms with Gasteiger partial charge in [0, 0.05) is 6.08 Å². The lowest BCUT2D eigenvalue weighted by molar-refractivity contribution is -0.132. The first kappa shape index (κ1) is 13.2. The fraction of sp³-hybridized carbons (Fsp3) is 0.267. The van der Waals surface area contributed by atoms with Crippen molar-refractivity contribution in [1.29, 1.82) is 0 Å². The molecule has 17 heavy (non-hydrogen) atoms.